The van der Waals surface area contributed by atoms with E-state index in [9.17, 15) is 24.2 Å². The maximum Gasteiger partial charge on any atom is 0.321 e. The normalized spacial score (nSPS) is 19.6. The van der Waals surface area contributed by atoms with Crippen molar-refractivity contribution in [2.75, 3.05) is 18.4 Å². The van der Waals surface area contributed by atoms with E-state index in [0.717, 1.165) is 0 Å². The molecule has 1 aliphatic heterocycles. The smallest absolute Gasteiger partial charge is 0.321 e. The van der Waals surface area contributed by atoms with Crippen molar-refractivity contribution < 1.29 is 24.2 Å². The van der Waals surface area contributed by atoms with E-state index in [1.165, 1.54) is 53.4 Å². The fraction of sp³-hybridized carbons (Fsp3) is 0.300. The maximum absolute atomic E-state index is 13.0. The third-order valence-electron chi connectivity index (χ3n) is 4.64. The third kappa shape index (κ3) is 4.98. The molecule has 4 N–H and O–H groups in total. The summed E-state index contributed by atoms with van der Waals surface area (Å²) >= 11 is 0. The molecule has 1 fully saturated rings. The van der Waals surface area contributed by atoms with Crippen LogP contribution in [0, 0.1) is 5.82 Å². The van der Waals surface area contributed by atoms with E-state index < -0.39 is 23.9 Å². The Morgan fingerprint density at radius 3 is 2.43 bits per heavy atom. The lowest BCUT2D eigenvalue weighted by Crippen LogP contribution is -2.50. The monoisotopic (exact) mass is 387 g/mol. The minimum absolute atomic E-state index is 0.0506. The van der Waals surface area contributed by atoms with Gasteiger partial charge in [-0.1, -0.05) is 0 Å². The van der Waals surface area contributed by atoms with Crippen molar-refractivity contribution in [1.82, 2.24) is 10.2 Å². The highest BCUT2D eigenvalue weighted by Crippen LogP contribution is 2.16. The predicted octanol–water partition coefficient (Wildman–Crippen LogP) is 2.32. The molecule has 7 nitrogen and oxygen atoms in total. The molecule has 2 aromatic carbocycles. The molecule has 1 aliphatic rings. The number of nitrogens with one attached hydrogen (secondary N) is 2. The number of carbonyl (C=O) groups is 2. The van der Waals surface area contributed by atoms with Crippen LogP contribution in [-0.2, 0) is 0 Å². The molecule has 148 valence electrons. The number of urea groups is 1. The molecular weight excluding hydrogens is 365 g/mol. The minimum Gasteiger partial charge on any atom is -0.508 e. The molecule has 2 atom stereocenters. The van der Waals surface area contributed by atoms with Crippen molar-refractivity contribution in [3.8, 4) is 5.75 Å². The van der Waals surface area contributed by atoms with E-state index in [2.05, 4.69) is 10.6 Å². The second-order valence-electron chi connectivity index (χ2n) is 6.72. The number of likely N-dealkylation sites (tertiary alicyclic amines) is 1. The number of benzene rings is 2. The van der Waals surface area contributed by atoms with Crippen LogP contribution < -0.4 is 10.6 Å². The van der Waals surface area contributed by atoms with Crippen molar-refractivity contribution >= 4 is 17.6 Å². The number of phenols is 1. The van der Waals surface area contributed by atoms with E-state index in [-0.39, 0.29) is 18.3 Å². The largest absolute Gasteiger partial charge is 0.508 e. The summed E-state index contributed by atoms with van der Waals surface area (Å²) in [5.74, 6) is -0.743. The number of aromatic hydroxyl groups is 1. The Kier molecular flexibility index (Phi) is 6.10. The Morgan fingerprint density at radius 1 is 1.07 bits per heavy atom. The number of aliphatic hydroxyl groups excluding tert-OH is 1. The quantitative estimate of drug-likeness (QED) is 0.649. The molecule has 1 heterocycles. The highest BCUT2D eigenvalue weighted by molar-refractivity contribution is 5.94. The van der Waals surface area contributed by atoms with Gasteiger partial charge in [0.15, 0.2) is 0 Å². The van der Waals surface area contributed by atoms with Crippen LogP contribution in [0.2, 0.25) is 0 Å². The van der Waals surface area contributed by atoms with Crippen molar-refractivity contribution in [2.24, 2.45) is 0 Å². The molecule has 0 saturated carbocycles. The molecular formula is C20H22FN3O4. The summed E-state index contributed by atoms with van der Waals surface area (Å²) in [5.41, 5.74) is 0.803. The van der Waals surface area contributed by atoms with Crippen LogP contribution in [0.25, 0.3) is 0 Å². The Labute approximate surface area is 161 Å². The van der Waals surface area contributed by atoms with Crippen molar-refractivity contribution in [2.45, 2.75) is 25.0 Å². The summed E-state index contributed by atoms with van der Waals surface area (Å²) < 4.78 is 13.0. The van der Waals surface area contributed by atoms with Crippen LogP contribution >= 0.6 is 0 Å². The molecule has 8 heteroatoms. The summed E-state index contributed by atoms with van der Waals surface area (Å²) in [6.45, 7) is 0.563. The number of halogens is 1. The van der Waals surface area contributed by atoms with Gasteiger partial charge in [-0.3, -0.25) is 4.79 Å². The van der Waals surface area contributed by atoms with E-state index in [1.54, 1.807) is 0 Å². The van der Waals surface area contributed by atoms with Crippen molar-refractivity contribution in [3.05, 3.63) is 59.9 Å². The Bertz CT molecular complexity index is 826. The number of phenolic OH excluding ortho intramolecular Hbond substituents is 1. The van der Waals surface area contributed by atoms with Gasteiger partial charge in [-0.2, -0.15) is 0 Å². The minimum atomic E-state index is -0.787. The summed E-state index contributed by atoms with van der Waals surface area (Å²) in [5, 5.41) is 25.1. The molecule has 0 spiro atoms. The zero-order valence-corrected chi connectivity index (χ0v) is 15.1. The molecule has 2 aromatic rings. The highest BCUT2D eigenvalue weighted by Gasteiger charge is 2.29. The number of hydrogen-bond acceptors (Lipinski definition) is 4. The first-order valence-electron chi connectivity index (χ1n) is 9.02. The second-order valence-corrected chi connectivity index (χ2v) is 6.72. The van der Waals surface area contributed by atoms with E-state index >= 15 is 0 Å². The number of nitrogens with zero attached hydrogens (tertiary/aromatic N) is 1. The SMILES string of the molecule is O=C(N[C@H]1CN(C(=O)Nc2ccc(F)cc2)CCC[C@H]1O)c1ccc(O)cc1. The van der Waals surface area contributed by atoms with E-state index in [1.807, 2.05) is 0 Å². The fourth-order valence-electron chi connectivity index (χ4n) is 3.07. The van der Waals surface area contributed by atoms with Crippen LogP contribution in [0.4, 0.5) is 14.9 Å². The van der Waals surface area contributed by atoms with Crippen molar-refractivity contribution in [1.29, 1.82) is 0 Å². The fourth-order valence-corrected chi connectivity index (χ4v) is 3.07. The van der Waals surface area contributed by atoms with Gasteiger partial charge < -0.3 is 25.7 Å². The van der Waals surface area contributed by atoms with Crippen LogP contribution in [0.1, 0.15) is 23.2 Å². The van der Waals surface area contributed by atoms with Crippen molar-refractivity contribution in [3.63, 3.8) is 0 Å². The van der Waals surface area contributed by atoms with Crippen LogP contribution in [0.3, 0.4) is 0 Å². The van der Waals surface area contributed by atoms with Gasteiger partial charge in [-0.25, -0.2) is 9.18 Å². The average molecular weight is 387 g/mol. The molecule has 0 aliphatic carbocycles. The lowest BCUT2D eigenvalue weighted by Gasteiger charge is -2.27. The standard InChI is InChI=1S/C20H22FN3O4/c21-14-5-7-15(8-6-14)22-20(28)24-11-1-2-18(26)17(12-24)23-19(27)13-3-9-16(25)10-4-13/h3-10,17-18,25-26H,1-2,11-12H2,(H,22,28)(H,23,27)/t17-,18+/m0/s1. The Morgan fingerprint density at radius 2 is 1.75 bits per heavy atom. The third-order valence-corrected chi connectivity index (χ3v) is 4.64. The molecule has 3 rings (SSSR count). The first kappa shape index (κ1) is 19.6. The Balaban J connectivity index is 1.65. The number of carbonyl (C=O) groups excluding carboxylic acids is 2. The van der Waals surface area contributed by atoms with E-state index in [0.29, 0.717) is 30.6 Å². The Hall–Kier alpha value is -3.13. The molecule has 0 aromatic heterocycles. The zero-order valence-electron chi connectivity index (χ0n) is 15.1. The first-order valence-corrected chi connectivity index (χ1v) is 9.02. The van der Waals surface area contributed by atoms with Gasteiger partial charge >= 0.3 is 6.03 Å². The molecule has 1 saturated heterocycles. The number of rotatable bonds is 3. The van der Waals surface area contributed by atoms with Crippen LogP contribution in [0.15, 0.2) is 48.5 Å². The summed E-state index contributed by atoms with van der Waals surface area (Å²) in [4.78, 5) is 26.5. The van der Waals surface area contributed by atoms with Gasteiger partial charge in [0, 0.05) is 24.3 Å². The van der Waals surface area contributed by atoms with Gasteiger partial charge in [0.05, 0.1) is 12.1 Å². The molecule has 0 unspecified atom stereocenters. The molecule has 0 radical (unpaired) electrons. The second kappa shape index (κ2) is 8.71. The van der Waals surface area contributed by atoms with Gasteiger partial charge in [0.2, 0.25) is 0 Å². The van der Waals surface area contributed by atoms with E-state index in [4.69, 9.17) is 0 Å². The topological polar surface area (TPSA) is 102 Å². The number of aliphatic hydroxyl groups is 1. The van der Waals surface area contributed by atoms with Gasteiger partial charge in [0.25, 0.3) is 5.91 Å². The number of amides is 3. The highest BCUT2D eigenvalue weighted by atomic mass is 19.1. The predicted molar refractivity (Wildman–Crippen MR) is 102 cm³/mol. The summed E-state index contributed by atoms with van der Waals surface area (Å²) in [7, 11) is 0. The molecule has 28 heavy (non-hydrogen) atoms. The summed E-state index contributed by atoms with van der Waals surface area (Å²) in [6.07, 6.45) is 0.245. The van der Waals surface area contributed by atoms with Crippen LogP contribution in [-0.4, -0.2) is 52.3 Å². The van der Waals surface area contributed by atoms with Gasteiger partial charge in [0.1, 0.15) is 11.6 Å². The lowest BCUT2D eigenvalue weighted by atomic mass is 10.1. The summed E-state index contributed by atoms with van der Waals surface area (Å²) in [6, 6.07) is 10.2. The lowest BCUT2D eigenvalue weighted by molar-refractivity contribution is 0.0811. The maximum atomic E-state index is 13.0. The van der Waals surface area contributed by atoms with Gasteiger partial charge in [-0.15, -0.1) is 0 Å². The first-order chi connectivity index (χ1) is 13.4. The zero-order chi connectivity index (χ0) is 20.1. The van der Waals surface area contributed by atoms with Gasteiger partial charge in [-0.05, 0) is 61.4 Å². The molecule has 0 bridgehead atoms. The number of hydrogen-bond donors (Lipinski definition) is 4. The average Bonchev–Trinajstić information content (AvgIpc) is 2.86. The van der Waals surface area contributed by atoms with Crippen LogP contribution in [0.5, 0.6) is 5.75 Å². The number of anilines is 1. The molecule has 3 amide bonds.